The second kappa shape index (κ2) is 9.16. The van der Waals surface area contributed by atoms with Crippen LogP contribution < -0.4 is 14.8 Å². The van der Waals surface area contributed by atoms with E-state index in [1.54, 1.807) is 30.3 Å². The lowest BCUT2D eigenvalue weighted by Gasteiger charge is -2.11. The van der Waals surface area contributed by atoms with Crippen LogP contribution in [0.4, 0.5) is 10.1 Å². The Hall–Kier alpha value is -3.46. The summed E-state index contributed by atoms with van der Waals surface area (Å²) in [6.07, 6.45) is 0. The number of methoxy groups -OCH3 is 2. The van der Waals surface area contributed by atoms with Gasteiger partial charge in [-0.1, -0.05) is 0 Å². The number of esters is 1. The predicted octanol–water partition coefficient (Wildman–Crippen LogP) is 3.76. The maximum atomic E-state index is 13.0. The SMILES string of the molecule is COc1ccc(NC(=O)COC(=O)c2csc(-c3ccc(F)cc3)n2)c(OC)c1. The molecule has 0 aliphatic heterocycles. The first-order valence-corrected chi connectivity index (χ1v) is 9.28. The van der Waals surface area contributed by atoms with Crippen LogP contribution in [0.15, 0.2) is 47.8 Å². The molecule has 0 aliphatic rings. The Morgan fingerprint density at radius 3 is 2.55 bits per heavy atom. The number of hydrogen-bond donors (Lipinski definition) is 1. The topological polar surface area (TPSA) is 86.8 Å². The Bertz CT molecular complexity index is 1020. The average molecular weight is 416 g/mol. The molecule has 1 heterocycles. The summed E-state index contributed by atoms with van der Waals surface area (Å²) in [5.74, 6) is -0.633. The van der Waals surface area contributed by atoms with Gasteiger partial charge in [0, 0.05) is 17.0 Å². The van der Waals surface area contributed by atoms with Crippen LogP contribution in [0.3, 0.4) is 0 Å². The van der Waals surface area contributed by atoms with Gasteiger partial charge in [0.05, 0.1) is 19.9 Å². The number of benzene rings is 2. The van der Waals surface area contributed by atoms with E-state index in [1.165, 1.54) is 43.1 Å². The quantitative estimate of drug-likeness (QED) is 0.590. The van der Waals surface area contributed by atoms with E-state index in [2.05, 4.69) is 10.3 Å². The summed E-state index contributed by atoms with van der Waals surface area (Å²) in [5.41, 5.74) is 1.17. The summed E-state index contributed by atoms with van der Waals surface area (Å²) < 4.78 is 28.3. The maximum absolute atomic E-state index is 13.0. The Kier molecular flexibility index (Phi) is 6.40. The van der Waals surface area contributed by atoms with Crippen LogP contribution in [0, 0.1) is 5.82 Å². The van der Waals surface area contributed by atoms with Gasteiger partial charge in [-0.2, -0.15) is 0 Å². The van der Waals surface area contributed by atoms with Gasteiger partial charge in [-0.15, -0.1) is 11.3 Å². The van der Waals surface area contributed by atoms with Gasteiger partial charge in [-0.05, 0) is 36.4 Å². The second-order valence-corrected chi connectivity index (χ2v) is 6.59. The van der Waals surface area contributed by atoms with E-state index in [-0.39, 0.29) is 11.5 Å². The highest BCUT2D eigenvalue weighted by Crippen LogP contribution is 2.29. The minimum Gasteiger partial charge on any atom is -0.497 e. The number of aromatic nitrogens is 1. The molecular weight excluding hydrogens is 399 g/mol. The van der Waals surface area contributed by atoms with E-state index in [4.69, 9.17) is 14.2 Å². The number of amides is 1. The van der Waals surface area contributed by atoms with Crippen molar-refractivity contribution in [3.8, 4) is 22.1 Å². The maximum Gasteiger partial charge on any atom is 0.358 e. The summed E-state index contributed by atoms with van der Waals surface area (Å²) in [6, 6.07) is 10.7. The van der Waals surface area contributed by atoms with Crippen molar-refractivity contribution in [2.75, 3.05) is 26.1 Å². The highest BCUT2D eigenvalue weighted by atomic mass is 32.1. The summed E-state index contributed by atoms with van der Waals surface area (Å²) in [6.45, 7) is -0.489. The lowest BCUT2D eigenvalue weighted by atomic mass is 10.2. The summed E-state index contributed by atoms with van der Waals surface area (Å²) in [7, 11) is 2.98. The summed E-state index contributed by atoms with van der Waals surface area (Å²) >= 11 is 1.22. The van der Waals surface area contributed by atoms with Gasteiger partial charge in [-0.3, -0.25) is 4.79 Å². The highest BCUT2D eigenvalue weighted by molar-refractivity contribution is 7.13. The van der Waals surface area contributed by atoms with Gasteiger partial charge in [0.1, 0.15) is 22.3 Å². The van der Waals surface area contributed by atoms with Crippen molar-refractivity contribution in [3.63, 3.8) is 0 Å². The third-order valence-corrected chi connectivity index (χ3v) is 4.71. The number of carbonyl (C=O) groups is 2. The average Bonchev–Trinajstić information content (AvgIpc) is 3.23. The number of nitrogens with zero attached hydrogens (tertiary/aromatic N) is 1. The van der Waals surface area contributed by atoms with Crippen molar-refractivity contribution in [2.45, 2.75) is 0 Å². The molecular formula is C20H17FN2O5S. The molecule has 0 spiro atoms. The molecule has 0 fully saturated rings. The van der Waals surface area contributed by atoms with Gasteiger partial charge >= 0.3 is 5.97 Å². The molecule has 150 valence electrons. The molecule has 1 amide bonds. The Balaban J connectivity index is 1.58. The molecule has 7 nitrogen and oxygen atoms in total. The number of thiazole rings is 1. The highest BCUT2D eigenvalue weighted by Gasteiger charge is 2.16. The van der Waals surface area contributed by atoms with Crippen molar-refractivity contribution >= 4 is 28.9 Å². The zero-order valence-electron chi connectivity index (χ0n) is 15.6. The lowest BCUT2D eigenvalue weighted by Crippen LogP contribution is -2.21. The second-order valence-electron chi connectivity index (χ2n) is 5.74. The number of hydrogen-bond acceptors (Lipinski definition) is 7. The summed E-state index contributed by atoms with van der Waals surface area (Å²) in [5, 5.41) is 4.67. The fourth-order valence-corrected chi connectivity index (χ4v) is 3.18. The van der Waals surface area contributed by atoms with E-state index in [9.17, 15) is 14.0 Å². The van der Waals surface area contributed by atoms with Crippen molar-refractivity contribution < 1.29 is 28.2 Å². The van der Waals surface area contributed by atoms with E-state index >= 15 is 0 Å². The molecule has 0 saturated heterocycles. The van der Waals surface area contributed by atoms with Crippen LogP contribution >= 0.6 is 11.3 Å². The van der Waals surface area contributed by atoms with E-state index in [1.807, 2.05) is 0 Å². The molecule has 0 unspecified atom stereocenters. The Morgan fingerprint density at radius 2 is 1.86 bits per heavy atom. The minimum absolute atomic E-state index is 0.0733. The van der Waals surface area contributed by atoms with Gasteiger partial charge in [0.15, 0.2) is 12.3 Å². The number of ether oxygens (including phenoxy) is 3. The van der Waals surface area contributed by atoms with E-state index in [0.29, 0.717) is 27.8 Å². The predicted molar refractivity (Wildman–Crippen MR) is 106 cm³/mol. The Labute approximate surface area is 170 Å². The molecule has 29 heavy (non-hydrogen) atoms. The number of carbonyl (C=O) groups excluding carboxylic acids is 2. The monoisotopic (exact) mass is 416 g/mol. The van der Waals surface area contributed by atoms with Crippen LogP contribution in [0.1, 0.15) is 10.5 Å². The number of anilines is 1. The fraction of sp³-hybridized carbons (Fsp3) is 0.150. The minimum atomic E-state index is -0.730. The standard InChI is InChI=1S/C20H17FN2O5S/c1-26-14-7-8-15(17(9-14)27-2)22-18(24)10-28-20(25)16-11-29-19(23-16)12-3-5-13(21)6-4-12/h3-9,11H,10H2,1-2H3,(H,22,24). The van der Waals surface area contributed by atoms with E-state index in [0.717, 1.165) is 0 Å². The molecule has 0 bridgehead atoms. The van der Waals surface area contributed by atoms with E-state index < -0.39 is 18.5 Å². The van der Waals surface area contributed by atoms with Crippen molar-refractivity contribution in [1.29, 1.82) is 0 Å². The molecule has 3 aromatic rings. The van der Waals surface area contributed by atoms with Crippen molar-refractivity contribution in [2.24, 2.45) is 0 Å². The largest absolute Gasteiger partial charge is 0.497 e. The first-order valence-electron chi connectivity index (χ1n) is 8.40. The van der Waals surface area contributed by atoms with Gasteiger partial charge in [0.2, 0.25) is 0 Å². The smallest absolute Gasteiger partial charge is 0.358 e. The first-order chi connectivity index (χ1) is 14.0. The van der Waals surface area contributed by atoms with Crippen molar-refractivity contribution in [1.82, 2.24) is 4.98 Å². The zero-order chi connectivity index (χ0) is 20.8. The van der Waals surface area contributed by atoms with Crippen molar-refractivity contribution in [3.05, 3.63) is 59.4 Å². The molecule has 1 N–H and O–H groups in total. The molecule has 0 saturated carbocycles. The molecule has 1 aromatic heterocycles. The molecule has 3 rings (SSSR count). The van der Waals surface area contributed by atoms with Gasteiger partial charge in [-0.25, -0.2) is 14.2 Å². The van der Waals surface area contributed by atoms with Crippen LogP contribution in [-0.4, -0.2) is 37.7 Å². The molecule has 2 aromatic carbocycles. The fourth-order valence-electron chi connectivity index (χ4n) is 2.39. The number of nitrogens with one attached hydrogen (secondary N) is 1. The number of rotatable bonds is 7. The van der Waals surface area contributed by atoms with Gasteiger partial charge < -0.3 is 19.5 Å². The third kappa shape index (κ3) is 5.08. The number of halogens is 1. The normalized spacial score (nSPS) is 10.3. The van der Waals surface area contributed by atoms with Crippen LogP contribution in [0.2, 0.25) is 0 Å². The third-order valence-electron chi connectivity index (χ3n) is 3.82. The Morgan fingerprint density at radius 1 is 1.10 bits per heavy atom. The molecule has 0 atom stereocenters. The first kappa shape index (κ1) is 20.3. The van der Waals surface area contributed by atoms with Gasteiger partial charge in [0.25, 0.3) is 5.91 Å². The molecule has 0 radical (unpaired) electrons. The molecule has 0 aliphatic carbocycles. The lowest BCUT2D eigenvalue weighted by molar-refractivity contribution is -0.119. The zero-order valence-corrected chi connectivity index (χ0v) is 16.4. The van der Waals surface area contributed by atoms with Crippen LogP contribution in [0.5, 0.6) is 11.5 Å². The summed E-state index contributed by atoms with van der Waals surface area (Å²) in [4.78, 5) is 28.4. The van der Waals surface area contributed by atoms with Crippen LogP contribution in [-0.2, 0) is 9.53 Å². The molecule has 9 heteroatoms. The van der Waals surface area contributed by atoms with Crippen LogP contribution in [0.25, 0.3) is 10.6 Å².